The van der Waals surface area contributed by atoms with Gasteiger partial charge >= 0.3 is 6.03 Å². The minimum atomic E-state index is -0.647. The molecule has 25 heavy (non-hydrogen) atoms. The van der Waals surface area contributed by atoms with Gasteiger partial charge in [0.25, 0.3) is 5.91 Å². The highest BCUT2D eigenvalue weighted by Crippen LogP contribution is 2.37. The minimum absolute atomic E-state index is 0.00803. The summed E-state index contributed by atoms with van der Waals surface area (Å²) in [5.41, 5.74) is 1.26. The molecule has 4 rings (SSSR count). The Kier molecular flexibility index (Phi) is 4.04. The van der Waals surface area contributed by atoms with Crippen molar-refractivity contribution in [3.63, 3.8) is 0 Å². The topological polar surface area (TPSA) is 81.7 Å². The summed E-state index contributed by atoms with van der Waals surface area (Å²) < 4.78 is 0. The lowest BCUT2D eigenvalue weighted by Crippen LogP contribution is -2.48. The molecule has 1 unspecified atom stereocenters. The average molecular weight is 343 g/mol. The number of carbonyl (C=O) groups is 2. The molecule has 2 aliphatic carbocycles. The molecule has 0 radical (unpaired) electrons. The van der Waals surface area contributed by atoms with Gasteiger partial charge in [-0.15, -0.1) is 0 Å². The standard InChI is InChI=1S/C19H25N3O3/c23-13-19(10-7-14-5-1-2-6-15(14)19)20-11-12-22-16(24)18(21-17(22)25)8-3-4-9-18/h1-2,5-6,20,23H,3-4,7-13H2,(H,21,25). The van der Waals surface area contributed by atoms with E-state index in [4.69, 9.17) is 0 Å². The van der Waals surface area contributed by atoms with Gasteiger partial charge in [0.1, 0.15) is 5.54 Å². The second-order valence-corrected chi connectivity index (χ2v) is 7.50. The molecular weight excluding hydrogens is 318 g/mol. The number of imide groups is 1. The number of carbonyl (C=O) groups excluding carboxylic acids is 2. The van der Waals surface area contributed by atoms with Gasteiger partial charge in [0.15, 0.2) is 0 Å². The van der Waals surface area contributed by atoms with Crippen molar-refractivity contribution in [1.82, 2.24) is 15.5 Å². The summed E-state index contributed by atoms with van der Waals surface area (Å²) in [5, 5.41) is 16.3. The predicted molar refractivity (Wildman–Crippen MR) is 93.0 cm³/mol. The number of aliphatic hydroxyl groups excluding tert-OH is 1. The Bertz CT molecular complexity index is 699. The lowest BCUT2D eigenvalue weighted by atomic mass is 9.92. The van der Waals surface area contributed by atoms with Crippen LogP contribution in [-0.2, 0) is 16.8 Å². The van der Waals surface area contributed by atoms with Crippen LogP contribution in [0.1, 0.15) is 43.2 Å². The highest BCUT2D eigenvalue weighted by Gasteiger charge is 2.52. The Hall–Kier alpha value is -1.92. The zero-order chi connectivity index (χ0) is 17.5. The molecule has 2 fully saturated rings. The molecule has 0 bridgehead atoms. The van der Waals surface area contributed by atoms with Gasteiger partial charge in [0.2, 0.25) is 0 Å². The number of hydrogen-bond acceptors (Lipinski definition) is 4. The second-order valence-electron chi connectivity index (χ2n) is 7.50. The van der Waals surface area contributed by atoms with Crippen LogP contribution < -0.4 is 10.6 Å². The van der Waals surface area contributed by atoms with Crippen molar-refractivity contribution in [3.8, 4) is 0 Å². The van der Waals surface area contributed by atoms with E-state index in [-0.39, 0.29) is 18.5 Å². The molecule has 6 heteroatoms. The van der Waals surface area contributed by atoms with E-state index in [2.05, 4.69) is 16.7 Å². The summed E-state index contributed by atoms with van der Waals surface area (Å²) in [6.45, 7) is 0.814. The van der Waals surface area contributed by atoms with E-state index in [0.29, 0.717) is 13.1 Å². The van der Waals surface area contributed by atoms with Crippen LogP contribution in [0.4, 0.5) is 4.79 Å². The third kappa shape index (κ3) is 2.55. The Labute approximate surface area is 147 Å². The molecule has 1 atom stereocenters. The monoisotopic (exact) mass is 343 g/mol. The molecule has 0 aromatic heterocycles. The number of benzene rings is 1. The van der Waals surface area contributed by atoms with Gasteiger partial charge < -0.3 is 15.7 Å². The normalized spacial score (nSPS) is 27.2. The van der Waals surface area contributed by atoms with E-state index in [1.807, 2.05) is 18.2 Å². The maximum atomic E-state index is 12.7. The molecule has 1 saturated carbocycles. The summed E-state index contributed by atoms with van der Waals surface area (Å²) in [6, 6.07) is 7.86. The van der Waals surface area contributed by atoms with Crippen LogP contribution in [0.3, 0.4) is 0 Å². The molecule has 1 heterocycles. The lowest BCUT2D eigenvalue weighted by molar-refractivity contribution is -0.131. The first-order valence-electron chi connectivity index (χ1n) is 9.19. The van der Waals surface area contributed by atoms with Crippen molar-refractivity contribution in [2.75, 3.05) is 19.7 Å². The predicted octanol–water partition coefficient (Wildman–Crippen LogP) is 1.27. The van der Waals surface area contributed by atoms with E-state index in [0.717, 1.165) is 44.1 Å². The van der Waals surface area contributed by atoms with E-state index in [9.17, 15) is 14.7 Å². The fraction of sp³-hybridized carbons (Fsp3) is 0.579. The Balaban J connectivity index is 1.42. The third-order valence-electron chi connectivity index (χ3n) is 6.13. The van der Waals surface area contributed by atoms with E-state index >= 15 is 0 Å². The Morgan fingerprint density at radius 2 is 1.92 bits per heavy atom. The fourth-order valence-corrected chi connectivity index (χ4v) is 4.70. The number of hydrogen-bond donors (Lipinski definition) is 3. The summed E-state index contributed by atoms with van der Waals surface area (Å²) in [6.07, 6.45) is 5.22. The SMILES string of the molecule is O=C1NC2(CCCC2)C(=O)N1CCNC1(CO)CCc2ccccc21. The minimum Gasteiger partial charge on any atom is -0.394 e. The summed E-state index contributed by atoms with van der Waals surface area (Å²) in [5.74, 6) is -0.0818. The molecule has 1 saturated heterocycles. The van der Waals surface area contributed by atoms with Gasteiger partial charge in [0, 0.05) is 13.1 Å². The van der Waals surface area contributed by atoms with Gasteiger partial charge in [0.05, 0.1) is 12.1 Å². The summed E-state index contributed by atoms with van der Waals surface area (Å²) >= 11 is 0. The van der Waals surface area contributed by atoms with Crippen LogP contribution in [0, 0.1) is 0 Å². The first-order valence-corrected chi connectivity index (χ1v) is 9.19. The van der Waals surface area contributed by atoms with E-state index < -0.39 is 11.1 Å². The molecule has 3 amide bonds. The van der Waals surface area contributed by atoms with Gasteiger partial charge in [-0.25, -0.2) is 4.79 Å². The number of urea groups is 1. The van der Waals surface area contributed by atoms with Gasteiger partial charge in [-0.05, 0) is 36.8 Å². The molecule has 3 aliphatic rings. The van der Waals surface area contributed by atoms with Crippen LogP contribution in [0.25, 0.3) is 0 Å². The zero-order valence-electron chi connectivity index (χ0n) is 14.4. The van der Waals surface area contributed by atoms with E-state index in [1.54, 1.807) is 0 Å². The van der Waals surface area contributed by atoms with Crippen LogP contribution in [0.5, 0.6) is 0 Å². The van der Waals surface area contributed by atoms with Crippen LogP contribution in [-0.4, -0.2) is 47.2 Å². The number of rotatable bonds is 5. The zero-order valence-corrected chi connectivity index (χ0v) is 14.4. The first-order chi connectivity index (χ1) is 12.1. The largest absolute Gasteiger partial charge is 0.394 e. The smallest absolute Gasteiger partial charge is 0.325 e. The number of aliphatic hydroxyl groups is 1. The highest BCUT2D eigenvalue weighted by molar-refractivity contribution is 6.07. The quantitative estimate of drug-likeness (QED) is 0.704. The lowest BCUT2D eigenvalue weighted by Gasteiger charge is -2.30. The maximum Gasteiger partial charge on any atom is 0.325 e. The summed E-state index contributed by atoms with van der Waals surface area (Å²) in [4.78, 5) is 26.3. The second kappa shape index (κ2) is 6.11. The van der Waals surface area contributed by atoms with Gasteiger partial charge in [-0.1, -0.05) is 37.1 Å². The van der Waals surface area contributed by atoms with Gasteiger partial charge in [-0.2, -0.15) is 0 Å². The average Bonchev–Trinajstić information content (AvgIpc) is 3.30. The van der Waals surface area contributed by atoms with Crippen molar-refractivity contribution in [3.05, 3.63) is 35.4 Å². The Morgan fingerprint density at radius 1 is 1.16 bits per heavy atom. The number of amides is 3. The van der Waals surface area contributed by atoms with Crippen molar-refractivity contribution in [1.29, 1.82) is 0 Å². The Morgan fingerprint density at radius 3 is 2.68 bits per heavy atom. The van der Waals surface area contributed by atoms with E-state index in [1.165, 1.54) is 10.5 Å². The van der Waals surface area contributed by atoms with Crippen molar-refractivity contribution in [2.24, 2.45) is 0 Å². The highest BCUT2D eigenvalue weighted by atomic mass is 16.3. The van der Waals surface area contributed by atoms with Crippen LogP contribution in [0.2, 0.25) is 0 Å². The fourth-order valence-electron chi connectivity index (χ4n) is 4.70. The number of fused-ring (bicyclic) bond motifs is 1. The molecule has 1 aliphatic heterocycles. The summed E-state index contributed by atoms with van der Waals surface area (Å²) in [7, 11) is 0. The molecular formula is C19H25N3O3. The molecule has 3 N–H and O–H groups in total. The maximum absolute atomic E-state index is 12.7. The molecule has 1 aromatic carbocycles. The van der Waals surface area contributed by atoms with Crippen molar-refractivity contribution in [2.45, 2.75) is 49.6 Å². The molecule has 1 aromatic rings. The number of nitrogens with zero attached hydrogens (tertiary/aromatic N) is 1. The van der Waals surface area contributed by atoms with Crippen molar-refractivity contribution >= 4 is 11.9 Å². The number of aryl methyl sites for hydroxylation is 1. The van der Waals surface area contributed by atoms with Gasteiger partial charge in [-0.3, -0.25) is 9.69 Å². The molecule has 1 spiro atoms. The van der Waals surface area contributed by atoms with Crippen LogP contribution >= 0.6 is 0 Å². The van der Waals surface area contributed by atoms with Crippen LogP contribution in [0.15, 0.2) is 24.3 Å². The molecule has 134 valence electrons. The number of nitrogens with one attached hydrogen (secondary N) is 2. The molecule has 6 nitrogen and oxygen atoms in total. The third-order valence-corrected chi connectivity index (χ3v) is 6.13. The van der Waals surface area contributed by atoms with Crippen molar-refractivity contribution < 1.29 is 14.7 Å². The first kappa shape index (κ1) is 16.5.